The normalized spacial score (nSPS) is 7.80. The van der Waals surface area contributed by atoms with Crippen LogP contribution in [0.15, 0.2) is 48.5 Å². The number of hydrogen-bond donors (Lipinski definition) is 0. The first-order valence-electron chi connectivity index (χ1n) is 2.84. The molecular formula is C9H13Br. The zero-order valence-electron chi connectivity index (χ0n) is 6.31. The summed E-state index contributed by atoms with van der Waals surface area (Å²) in [6.45, 7) is 12.4. The molecule has 10 heavy (non-hydrogen) atoms. The van der Waals surface area contributed by atoms with Crippen molar-refractivity contribution in [2.45, 2.75) is 6.92 Å². The van der Waals surface area contributed by atoms with Crippen LogP contribution in [0, 0.1) is 0 Å². The third-order valence-corrected chi connectivity index (χ3v) is 0.863. The first kappa shape index (κ1) is 12.1. The van der Waals surface area contributed by atoms with Gasteiger partial charge in [-0.15, -0.1) is 0 Å². The lowest BCUT2D eigenvalue weighted by Crippen LogP contribution is -1.50. The largest absolute Gasteiger partial charge is 0.0990 e. The molecule has 0 spiro atoms. The molecule has 0 atom stereocenters. The molecule has 0 fully saturated rings. The molecule has 0 saturated carbocycles. The van der Waals surface area contributed by atoms with E-state index >= 15 is 0 Å². The van der Waals surface area contributed by atoms with E-state index in [1.807, 2.05) is 6.92 Å². The number of halogens is 1. The Morgan fingerprint density at radius 2 is 1.80 bits per heavy atom. The second kappa shape index (κ2) is 11.3. The van der Waals surface area contributed by atoms with Gasteiger partial charge in [0.2, 0.25) is 0 Å². The molecule has 0 aromatic heterocycles. The van der Waals surface area contributed by atoms with Crippen LogP contribution < -0.4 is 0 Å². The van der Waals surface area contributed by atoms with Gasteiger partial charge in [0.05, 0.1) is 0 Å². The minimum absolute atomic E-state index is 1.02. The van der Waals surface area contributed by atoms with Crippen LogP contribution in [-0.4, -0.2) is 0 Å². The quantitative estimate of drug-likeness (QED) is 0.595. The van der Waals surface area contributed by atoms with E-state index < -0.39 is 0 Å². The summed E-state index contributed by atoms with van der Waals surface area (Å²) in [5, 5.41) is 0. The molecular weight excluding hydrogens is 188 g/mol. The second-order valence-electron chi connectivity index (χ2n) is 1.60. The lowest BCUT2D eigenvalue weighted by Gasteiger charge is -1.71. The summed E-state index contributed by atoms with van der Waals surface area (Å²) in [7, 11) is 0. The van der Waals surface area contributed by atoms with Gasteiger partial charge in [0.15, 0.2) is 0 Å². The van der Waals surface area contributed by atoms with E-state index in [1.165, 1.54) is 0 Å². The Hall–Kier alpha value is -0.560. The molecule has 0 nitrogen and oxygen atoms in total. The SMILES string of the molecule is C=CC(=C)C.C=CC=CBr. The van der Waals surface area contributed by atoms with E-state index in [-0.39, 0.29) is 0 Å². The number of rotatable bonds is 2. The maximum atomic E-state index is 3.56. The summed E-state index contributed by atoms with van der Waals surface area (Å²) in [5.74, 6) is 0. The van der Waals surface area contributed by atoms with Crippen LogP contribution >= 0.6 is 15.9 Å². The monoisotopic (exact) mass is 200 g/mol. The highest BCUT2D eigenvalue weighted by atomic mass is 79.9. The molecule has 0 aromatic carbocycles. The molecule has 0 N–H and O–H groups in total. The average molecular weight is 201 g/mol. The van der Waals surface area contributed by atoms with Crippen molar-refractivity contribution >= 4 is 15.9 Å². The van der Waals surface area contributed by atoms with E-state index in [0.717, 1.165) is 5.57 Å². The van der Waals surface area contributed by atoms with Gasteiger partial charge in [-0.05, 0) is 11.9 Å². The fourth-order valence-corrected chi connectivity index (χ4v) is 0.267. The average Bonchev–Trinajstić information content (AvgIpc) is 1.91. The molecule has 0 aliphatic heterocycles. The van der Waals surface area contributed by atoms with Crippen LogP contribution in [0.1, 0.15) is 6.92 Å². The van der Waals surface area contributed by atoms with Crippen molar-refractivity contribution in [1.29, 1.82) is 0 Å². The maximum absolute atomic E-state index is 3.56. The molecule has 0 saturated heterocycles. The van der Waals surface area contributed by atoms with Gasteiger partial charge < -0.3 is 0 Å². The summed E-state index contributed by atoms with van der Waals surface area (Å²) >= 11 is 3.06. The second-order valence-corrected chi connectivity index (χ2v) is 2.13. The summed E-state index contributed by atoms with van der Waals surface area (Å²) in [4.78, 5) is 1.75. The minimum Gasteiger partial charge on any atom is -0.0990 e. The lowest BCUT2D eigenvalue weighted by molar-refractivity contribution is 1.58. The molecule has 0 bridgehead atoms. The zero-order valence-corrected chi connectivity index (χ0v) is 7.89. The van der Waals surface area contributed by atoms with Crippen LogP contribution in [0.25, 0.3) is 0 Å². The van der Waals surface area contributed by atoms with E-state index in [4.69, 9.17) is 0 Å². The van der Waals surface area contributed by atoms with Crippen molar-refractivity contribution in [1.82, 2.24) is 0 Å². The minimum atomic E-state index is 1.02. The van der Waals surface area contributed by atoms with Crippen molar-refractivity contribution in [3.05, 3.63) is 48.5 Å². The Bertz CT molecular complexity index is 132. The van der Waals surface area contributed by atoms with Gasteiger partial charge >= 0.3 is 0 Å². The fourth-order valence-electron chi connectivity index (χ4n) is 0.0514. The topological polar surface area (TPSA) is 0 Å². The number of hydrogen-bond acceptors (Lipinski definition) is 0. The first-order valence-corrected chi connectivity index (χ1v) is 3.76. The van der Waals surface area contributed by atoms with E-state index in [9.17, 15) is 0 Å². The first-order chi connectivity index (χ1) is 4.68. The predicted octanol–water partition coefficient (Wildman–Crippen LogP) is 3.83. The maximum Gasteiger partial charge on any atom is -0.0189 e. The number of allylic oxidation sites excluding steroid dienone is 4. The Labute approximate surface area is 71.8 Å². The highest BCUT2D eigenvalue weighted by molar-refractivity contribution is 9.11. The van der Waals surface area contributed by atoms with E-state index in [1.54, 1.807) is 23.2 Å². The van der Waals surface area contributed by atoms with Gasteiger partial charge in [0.25, 0.3) is 0 Å². The third-order valence-electron chi connectivity index (χ3n) is 0.557. The summed E-state index contributed by atoms with van der Waals surface area (Å²) in [6.07, 6.45) is 5.23. The molecule has 0 rings (SSSR count). The van der Waals surface area contributed by atoms with Gasteiger partial charge in [0, 0.05) is 0 Å². The molecule has 0 amide bonds. The summed E-state index contributed by atoms with van der Waals surface area (Å²) in [6, 6.07) is 0. The Balaban J connectivity index is 0. The smallest absolute Gasteiger partial charge is 0.0189 e. The lowest BCUT2D eigenvalue weighted by atomic mass is 10.4. The van der Waals surface area contributed by atoms with Crippen molar-refractivity contribution in [3.63, 3.8) is 0 Å². The standard InChI is InChI=1S/C5H8.C4H5Br/c1-4-5(2)3;1-2-3-4-5/h4H,1-2H2,3H3;2-4H,1H2. The molecule has 0 aliphatic rings. The molecule has 1 heteroatoms. The van der Waals surface area contributed by atoms with E-state index in [2.05, 4.69) is 35.7 Å². The third kappa shape index (κ3) is 26.1. The highest BCUT2D eigenvalue weighted by Gasteiger charge is 1.59. The van der Waals surface area contributed by atoms with Gasteiger partial charge in [-0.2, -0.15) is 0 Å². The van der Waals surface area contributed by atoms with Crippen LogP contribution in [-0.2, 0) is 0 Å². The predicted molar refractivity (Wildman–Crippen MR) is 53.3 cm³/mol. The van der Waals surface area contributed by atoms with Crippen LogP contribution in [0.4, 0.5) is 0 Å². The van der Waals surface area contributed by atoms with Crippen LogP contribution in [0.5, 0.6) is 0 Å². The van der Waals surface area contributed by atoms with Gasteiger partial charge in [-0.25, -0.2) is 0 Å². The Morgan fingerprint density at radius 3 is 1.80 bits per heavy atom. The Kier molecular flexibility index (Phi) is 13.7. The molecule has 0 aromatic rings. The highest BCUT2D eigenvalue weighted by Crippen LogP contribution is 1.81. The van der Waals surface area contributed by atoms with Gasteiger partial charge in [0.1, 0.15) is 0 Å². The van der Waals surface area contributed by atoms with Gasteiger partial charge in [-0.3, -0.25) is 0 Å². The van der Waals surface area contributed by atoms with Crippen molar-refractivity contribution in [3.8, 4) is 0 Å². The van der Waals surface area contributed by atoms with Crippen molar-refractivity contribution in [2.75, 3.05) is 0 Å². The van der Waals surface area contributed by atoms with Crippen LogP contribution in [0.2, 0.25) is 0 Å². The van der Waals surface area contributed by atoms with Crippen molar-refractivity contribution in [2.24, 2.45) is 0 Å². The van der Waals surface area contributed by atoms with Crippen LogP contribution in [0.3, 0.4) is 0 Å². The summed E-state index contributed by atoms with van der Waals surface area (Å²) < 4.78 is 0. The molecule has 0 radical (unpaired) electrons. The molecule has 0 aliphatic carbocycles. The Morgan fingerprint density at radius 1 is 1.40 bits per heavy atom. The van der Waals surface area contributed by atoms with Crippen molar-refractivity contribution < 1.29 is 0 Å². The van der Waals surface area contributed by atoms with E-state index in [0.29, 0.717) is 0 Å². The van der Waals surface area contributed by atoms with Gasteiger partial charge in [-0.1, -0.05) is 59.5 Å². The molecule has 56 valence electrons. The summed E-state index contributed by atoms with van der Waals surface area (Å²) in [5.41, 5.74) is 1.02. The molecule has 0 heterocycles. The zero-order chi connectivity index (χ0) is 8.41. The fraction of sp³-hybridized carbons (Fsp3) is 0.111. The molecule has 0 unspecified atom stereocenters.